The first-order chi connectivity index (χ1) is 14.1. The Bertz CT molecular complexity index is 1100. The van der Waals surface area contributed by atoms with E-state index in [9.17, 15) is 9.59 Å². The molecule has 0 spiro atoms. The first kappa shape index (κ1) is 18.2. The number of nitrogens with zero attached hydrogens (tertiary/aromatic N) is 2. The number of hydrogen-bond donors (Lipinski definition) is 0. The Labute approximate surface area is 173 Å². The van der Waals surface area contributed by atoms with Gasteiger partial charge in [0, 0.05) is 41.7 Å². The second-order valence-electron chi connectivity index (χ2n) is 7.80. The van der Waals surface area contributed by atoms with Crippen LogP contribution in [0.1, 0.15) is 28.4 Å². The highest BCUT2D eigenvalue weighted by atomic mass is 32.1. The van der Waals surface area contributed by atoms with Gasteiger partial charge in [0.1, 0.15) is 5.75 Å². The van der Waals surface area contributed by atoms with Gasteiger partial charge in [0.2, 0.25) is 0 Å². The largest absolute Gasteiger partial charge is 0.497 e. The van der Waals surface area contributed by atoms with Crippen LogP contribution in [0.25, 0.3) is 10.4 Å². The number of aromatic nitrogens is 1. The van der Waals surface area contributed by atoms with E-state index in [1.165, 1.54) is 0 Å². The van der Waals surface area contributed by atoms with Gasteiger partial charge in [0.05, 0.1) is 12.7 Å². The summed E-state index contributed by atoms with van der Waals surface area (Å²) in [5, 5.41) is 2.00. The van der Waals surface area contributed by atoms with Crippen LogP contribution in [0.15, 0.2) is 58.7 Å². The molecule has 2 aliphatic heterocycles. The number of ether oxygens (including phenoxy) is 1. The van der Waals surface area contributed by atoms with Crippen molar-refractivity contribution in [3.63, 3.8) is 0 Å². The minimum atomic E-state index is 0.0494. The monoisotopic (exact) mass is 406 g/mol. The number of pyridine rings is 1. The number of carbonyl (C=O) groups excluding carboxylic acids is 1. The highest BCUT2D eigenvalue weighted by Gasteiger charge is 2.37. The first-order valence-corrected chi connectivity index (χ1v) is 10.7. The van der Waals surface area contributed by atoms with Crippen LogP contribution in [-0.4, -0.2) is 35.6 Å². The number of carbonyl (C=O) groups is 1. The molecule has 0 N–H and O–H groups in total. The van der Waals surface area contributed by atoms with E-state index in [1.807, 2.05) is 57.3 Å². The molecule has 0 radical (unpaired) electrons. The maximum Gasteiger partial charge on any atom is 0.259 e. The van der Waals surface area contributed by atoms with E-state index in [4.69, 9.17) is 4.74 Å². The molecule has 5 rings (SSSR count). The van der Waals surface area contributed by atoms with Gasteiger partial charge in [-0.3, -0.25) is 9.59 Å². The Morgan fingerprint density at radius 3 is 2.62 bits per heavy atom. The minimum Gasteiger partial charge on any atom is -0.497 e. The summed E-state index contributed by atoms with van der Waals surface area (Å²) in [5.41, 5.74) is 2.60. The molecule has 3 aromatic rings. The third-order valence-electron chi connectivity index (χ3n) is 6.02. The second-order valence-corrected chi connectivity index (χ2v) is 8.75. The smallest absolute Gasteiger partial charge is 0.259 e. The molecule has 148 valence electrons. The summed E-state index contributed by atoms with van der Waals surface area (Å²) in [6.45, 7) is 2.02. The molecule has 1 fully saturated rings. The van der Waals surface area contributed by atoms with Gasteiger partial charge in [-0.2, -0.15) is 0 Å². The molecule has 5 nitrogen and oxygen atoms in total. The van der Waals surface area contributed by atoms with Gasteiger partial charge in [0.25, 0.3) is 11.5 Å². The summed E-state index contributed by atoms with van der Waals surface area (Å²) in [6, 6.07) is 15.3. The van der Waals surface area contributed by atoms with Crippen LogP contribution in [-0.2, 0) is 6.54 Å². The summed E-state index contributed by atoms with van der Waals surface area (Å²) in [4.78, 5) is 29.1. The number of fused-ring (bicyclic) bond motifs is 4. The fourth-order valence-corrected chi connectivity index (χ4v) is 5.39. The summed E-state index contributed by atoms with van der Waals surface area (Å²) >= 11 is 1.59. The van der Waals surface area contributed by atoms with Crippen molar-refractivity contribution in [3.8, 4) is 16.2 Å². The number of hydrogen-bond acceptors (Lipinski definition) is 4. The number of amides is 1. The van der Waals surface area contributed by atoms with Crippen molar-refractivity contribution in [2.24, 2.45) is 5.92 Å². The first-order valence-electron chi connectivity index (χ1n) is 9.85. The zero-order chi connectivity index (χ0) is 20.0. The molecular formula is C23H22N2O3S. The maximum atomic E-state index is 13.1. The highest BCUT2D eigenvalue weighted by molar-refractivity contribution is 7.13. The summed E-state index contributed by atoms with van der Waals surface area (Å²) < 4.78 is 7.13. The van der Waals surface area contributed by atoms with Crippen LogP contribution in [0, 0.1) is 5.92 Å². The summed E-state index contributed by atoms with van der Waals surface area (Å²) in [6.07, 6.45) is 1.03. The molecule has 4 heterocycles. The number of piperidine rings is 1. The van der Waals surface area contributed by atoms with Crippen molar-refractivity contribution in [1.29, 1.82) is 0 Å². The van der Waals surface area contributed by atoms with Crippen LogP contribution in [0.5, 0.6) is 5.75 Å². The number of rotatable bonds is 3. The Balaban J connectivity index is 1.43. The zero-order valence-corrected chi connectivity index (χ0v) is 17.0. The number of methoxy groups -OCH3 is 1. The molecule has 1 saturated heterocycles. The van der Waals surface area contributed by atoms with Crippen LogP contribution in [0.2, 0.25) is 0 Å². The van der Waals surface area contributed by atoms with Crippen molar-refractivity contribution in [2.75, 3.05) is 20.2 Å². The number of benzene rings is 1. The van der Waals surface area contributed by atoms with E-state index in [-0.39, 0.29) is 17.4 Å². The van der Waals surface area contributed by atoms with E-state index < -0.39 is 0 Å². The normalized spacial score (nSPS) is 20.2. The summed E-state index contributed by atoms with van der Waals surface area (Å²) in [5.74, 6) is 1.30. The quantitative estimate of drug-likeness (QED) is 0.664. The Hall–Kier alpha value is -2.86. The number of likely N-dealkylation sites (tertiary alicyclic amines) is 1. The molecule has 2 bridgehead atoms. The average Bonchev–Trinajstić information content (AvgIpc) is 3.28. The van der Waals surface area contributed by atoms with E-state index in [0.29, 0.717) is 31.1 Å². The van der Waals surface area contributed by atoms with Crippen LogP contribution < -0.4 is 10.3 Å². The van der Waals surface area contributed by atoms with E-state index in [2.05, 4.69) is 6.07 Å². The molecule has 2 unspecified atom stereocenters. The molecule has 0 saturated carbocycles. The minimum absolute atomic E-state index is 0.0494. The fourth-order valence-electron chi connectivity index (χ4n) is 4.65. The lowest BCUT2D eigenvalue weighted by atomic mass is 9.82. The fraction of sp³-hybridized carbons (Fsp3) is 0.304. The average molecular weight is 407 g/mol. The van der Waals surface area contributed by atoms with Crippen molar-refractivity contribution in [2.45, 2.75) is 18.9 Å². The van der Waals surface area contributed by atoms with E-state index in [1.54, 1.807) is 18.4 Å². The van der Waals surface area contributed by atoms with Gasteiger partial charge in [-0.15, -0.1) is 11.3 Å². The molecule has 1 amide bonds. The van der Waals surface area contributed by atoms with Crippen LogP contribution >= 0.6 is 11.3 Å². The lowest BCUT2D eigenvalue weighted by molar-refractivity contribution is 0.0594. The number of thiophene rings is 1. The van der Waals surface area contributed by atoms with E-state index >= 15 is 0 Å². The van der Waals surface area contributed by atoms with E-state index in [0.717, 1.165) is 28.3 Å². The molecule has 6 heteroatoms. The van der Waals surface area contributed by atoms with Gasteiger partial charge in [-0.05, 0) is 60.2 Å². The molecular weight excluding hydrogens is 384 g/mol. The predicted molar refractivity (Wildman–Crippen MR) is 114 cm³/mol. The third kappa shape index (κ3) is 3.17. The predicted octanol–water partition coefficient (Wildman–Crippen LogP) is 3.84. The Morgan fingerprint density at radius 1 is 1.07 bits per heavy atom. The Kier molecular flexibility index (Phi) is 4.51. The molecule has 0 aliphatic carbocycles. The van der Waals surface area contributed by atoms with Gasteiger partial charge < -0.3 is 14.2 Å². The van der Waals surface area contributed by atoms with Crippen molar-refractivity contribution >= 4 is 17.2 Å². The SMILES string of the molecule is COc1ccc(C(=O)N2CC3CC(C2)c2ccc(-c4cccs4)c(=O)n2C3)cc1. The molecule has 2 aliphatic rings. The molecule has 1 aromatic carbocycles. The van der Waals surface area contributed by atoms with Gasteiger partial charge in [0.15, 0.2) is 0 Å². The molecule has 29 heavy (non-hydrogen) atoms. The highest BCUT2D eigenvalue weighted by Crippen LogP contribution is 2.36. The van der Waals surface area contributed by atoms with Crippen molar-refractivity contribution in [1.82, 2.24) is 9.47 Å². The van der Waals surface area contributed by atoms with Gasteiger partial charge in [-0.25, -0.2) is 0 Å². The lowest BCUT2D eigenvalue weighted by Gasteiger charge is -2.43. The topological polar surface area (TPSA) is 51.5 Å². The third-order valence-corrected chi connectivity index (χ3v) is 6.92. The zero-order valence-electron chi connectivity index (χ0n) is 16.2. The van der Waals surface area contributed by atoms with Crippen molar-refractivity contribution < 1.29 is 9.53 Å². The second kappa shape index (κ2) is 7.19. The molecule has 2 atom stereocenters. The molecule has 2 aromatic heterocycles. The lowest BCUT2D eigenvalue weighted by Crippen LogP contribution is -2.49. The van der Waals surface area contributed by atoms with Crippen LogP contribution in [0.4, 0.5) is 0 Å². The summed E-state index contributed by atoms with van der Waals surface area (Å²) in [7, 11) is 1.62. The van der Waals surface area contributed by atoms with Gasteiger partial charge >= 0.3 is 0 Å². The standard InChI is InChI=1S/C23H22N2O3S/c1-28-18-6-4-16(5-7-18)22(26)24-12-15-11-17(14-24)20-9-8-19(21-3-2-10-29-21)23(27)25(20)13-15/h2-10,15,17H,11-14H2,1H3. The van der Waals surface area contributed by atoms with Gasteiger partial charge in [-0.1, -0.05) is 6.07 Å². The maximum absolute atomic E-state index is 13.1. The Morgan fingerprint density at radius 2 is 1.90 bits per heavy atom. The van der Waals surface area contributed by atoms with Crippen molar-refractivity contribution in [3.05, 3.63) is 75.5 Å². The van der Waals surface area contributed by atoms with Crippen LogP contribution in [0.3, 0.4) is 0 Å².